The summed E-state index contributed by atoms with van der Waals surface area (Å²) < 4.78 is 5.41. The van der Waals surface area contributed by atoms with Gasteiger partial charge in [-0.05, 0) is 24.5 Å². The predicted molar refractivity (Wildman–Crippen MR) is 67.1 cm³/mol. The molecular formula is C12H26OS. The van der Waals surface area contributed by atoms with E-state index in [9.17, 15) is 0 Å². The Labute approximate surface area is 95.0 Å². The van der Waals surface area contributed by atoms with E-state index >= 15 is 0 Å². The lowest BCUT2D eigenvalue weighted by Gasteiger charge is -2.51. The number of thiol groups is 1. The summed E-state index contributed by atoms with van der Waals surface area (Å²) in [6.45, 7) is 8.78. The summed E-state index contributed by atoms with van der Waals surface area (Å²) in [5.41, 5.74) is 0.373. The molecule has 0 aromatic heterocycles. The second kappa shape index (κ2) is 6.73. The highest BCUT2D eigenvalue weighted by atomic mass is 32.1. The molecule has 2 unspecified atom stereocenters. The van der Waals surface area contributed by atoms with Gasteiger partial charge in [0.15, 0.2) is 0 Å². The summed E-state index contributed by atoms with van der Waals surface area (Å²) in [7, 11) is 1.81. The Kier molecular flexibility index (Phi) is 6.88. The maximum Gasteiger partial charge on any atom is 0.0638 e. The molecule has 0 spiro atoms. The van der Waals surface area contributed by atoms with Crippen LogP contribution in [0.4, 0.5) is 0 Å². The van der Waals surface area contributed by atoms with Crippen molar-refractivity contribution in [2.75, 3.05) is 12.9 Å². The molecule has 0 amide bonds. The molecule has 1 rings (SSSR count). The third kappa shape index (κ3) is 2.90. The van der Waals surface area contributed by atoms with Gasteiger partial charge in [-0.1, -0.05) is 34.1 Å². The fraction of sp³-hybridized carbons (Fsp3) is 1.00. The summed E-state index contributed by atoms with van der Waals surface area (Å²) in [5.74, 6) is 1.65. The summed E-state index contributed by atoms with van der Waals surface area (Å²) in [6, 6.07) is 0. The van der Waals surface area contributed by atoms with Crippen molar-refractivity contribution in [3.05, 3.63) is 0 Å². The minimum atomic E-state index is 0.373. The molecule has 86 valence electrons. The zero-order chi connectivity index (χ0) is 11.2. The molecule has 1 aliphatic carbocycles. The van der Waals surface area contributed by atoms with Crippen LogP contribution in [0.25, 0.3) is 0 Å². The molecule has 0 saturated heterocycles. The number of ether oxygens (including phenoxy) is 1. The van der Waals surface area contributed by atoms with Crippen LogP contribution < -0.4 is 0 Å². The highest BCUT2D eigenvalue weighted by molar-refractivity contribution is 7.80. The lowest BCUT2D eigenvalue weighted by molar-refractivity contribution is -0.102. The Hall–Kier alpha value is 0.310. The quantitative estimate of drug-likeness (QED) is 0.709. The molecule has 0 N–H and O–H groups in total. The molecule has 0 bridgehead atoms. The van der Waals surface area contributed by atoms with Crippen molar-refractivity contribution in [1.29, 1.82) is 0 Å². The summed E-state index contributed by atoms with van der Waals surface area (Å²) in [5, 5.41) is 0. The van der Waals surface area contributed by atoms with Crippen LogP contribution in [0, 0.1) is 11.3 Å². The number of methoxy groups -OCH3 is 1. The summed E-state index contributed by atoms with van der Waals surface area (Å²) >= 11 is 4.41. The van der Waals surface area contributed by atoms with E-state index in [0.29, 0.717) is 17.4 Å². The van der Waals surface area contributed by atoms with Crippen molar-refractivity contribution in [3.8, 4) is 0 Å². The molecule has 0 radical (unpaired) electrons. The SMILES string of the molecule is CCC.COC1CCC1(CS)C(C)C. The van der Waals surface area contributed by atoms with Gasteiger partial charge in [-0.15, -0.1) is 0 Å². The van der Waals surface area contributed by atoms with Gasteiger partial charge in [-0.25, -0.2) is 0 Å². The van der Waals surface area contributed by atoms with Gasteiger partial charge in [-0.2, -0.15) is 12.6 Å². The number of hydrogen-bond acceptors (Lipinski definition) is 2. The lowest BCUT2D eigenvalue weighted by Crippen LogP contribution is -2.51. The molecule has 0 heterocycles. The molecule has 14 heavy (non-hydrogen) atoms. The van der Waals surface area contributed by atoms with Crippen molar-refractivity contribution in [1.82, 2.24) is 0 Å². The molecular weight excluding hydrogens is 192 g/mol. The van der Waals surface area contributed by atoms with E-state index in [-0.39, 0.29) is 0 Å². The monoisotopic (exact) mass is 218 g/mol. The van der Waals surface area contributed by atoms with Gasteiger partial charge in [0.1, 0.15) is 0 Å². The van der Waals surface area contributed by atoms with Crippen LogP contribution in [0.1, 0.15) is 47.0 Å². The highest BCUT2D eigenvalue weighted by Gasteiger charge is 2.48. The molecule has 1 saturated carbocycles. The van der Waals surface area contributed by atoms with E-state index in [1.165, 1.54) is 19.3 Å². The molecule has 0 aromatic carbocycles. The van der Waals surface area contributed by atoms with E-state index in [0.717, 1.165) is 5.75 Å². The molecule has 0 aliphatic heterocycles. The highest BCUT2D eigenvalue weighted by Crippen LogP contribution is 2.49. The first kappa shape index (κ1) is 14.3. The third-order valence-electron chi connectivity index (χ3n) is 3.24. The van der Waals surface area contributed by atoms with Crippen LogP contribution in [0.5, 0.6) is 0 Å². The van der Waals surface area contributed by atoms with E-state index in [2.05, 4.69) is 40.3 Å². The van der Waals surface area contributed by atoms with Gasteiger partial charge in [-0.3, -0.25) is 0 Å². The van der Waals surface area contributed by atoms with Gasteiger partial charge >= 0.3 is 0 Å². The average Bonchev–Trinajstić information content (AvgIpc) is 2.05. The van der Waals surface area contributed by atoms with E-state index in [1.54, 1.807) is 0 Å². The lowest BCUT2D eigenvalue weighted by atomic mass is 9.61. The van der Waals surface area contributed by atoms with E-state index in [1.807, 2.05) is 7.11 Å². The van der Waals surface area contributed by atoms with Gasteiger partial charge < -0.3 is 4.74 Å². The Bertz CT molecular complexity index is 141. The minimum absolute atomic E-state index is 0.373. The third-order valence-corrected chi connectivity index (χ3v) is 3.83. The maximum atomic E-state index is 5.41. The van der Waals surface area contributed by atoms with Crippen molar-refractivity contribution in [3.63, 3.8) is 0 Å². The van der Waals surface area contributed by atoms with Crippen LogP contribution in [-0.4, -0.2) is 19.0 Å². The number of rotatable bonds is 3. The maximum absolute atomic E-state index is 5.41. The van der Waals surface area contributed by atoms with Crippen LogP contribution in [0.2, 0.25) is 0 Å². The fourth-order valence-electron chi connectivity index (χ4n) is 2.01. The van der Waals surface area contributed by atoms with Gasteiger partial charge in [0.05, 0.1) is 6.10 Å². The van der Waals surface area contributed by atoms with Crippen molar-refractivity contribution < 1.29 is 4.74 Å². The largest absolute Gasteiger partial charge is 0.381 e. The zero-order valence-electron chi connectivity index (χ0n) is 10.3. The first-order valence-corrected chi connectivity index (χ1v) is 6.35. The van der Waals surface area contributed by atoms with Crippen molar-refractivity contribution in [2.24, 2.45) is 11.3 Å². The second-order valence-electron chi connectivity index (χ2n) is 4.52. The Morgan fingerprint density at radius 3 is 2.00 bits per heavy atom. The van der Waals surface area contributed by atoms with Crippen LogP contribution in [0.15, 0.2) is 0 Å². The molecule has 1 fully saturated rings. The molecule has 2 atom stereocenters. The first-order valence-electron chi connectivity index (χ1n) is 5.72. The standard InChI is InChI=1S/C9H18OS.C3H8/c1-7(2)9(6-11)5-4-8(9)10-3;1-3-2/h7-8,11H,4-6H2,1-3H3;3H2,1-2H3. The van der Waals surface area contributed by atoms with Gasteiger partial charge in [0.2, 0.25) is 0 Å². The van der Waals surface area contributed by atoms with Crippen LogP contribution in [0.3, 0.4) is 0 Å². The first-order chi connectivity index (χ1) is 6.58. The predicted octanol–water partition coefficient (Wildman–Crippen LogP) is 3.78. The normalized spacial score (nSPS) is 30.6. The molecule has 0 aromatic rings. The summed E-state index contributed by atoms with van der Waals surface area (Å²) in [4.78, 5) is 0. The molecule has 2 heteroatoms. The van der Waals surface area contributed by atoms with Crippen LogP contribution >= 0.6 is 12.6 Å². The summed E-state index contributed by atoms with van der Waals surface area (Å²) in [6.07, 6.45) is 4.21. The minimum Gasteiger partial charge on any atom is -0.381 e. The van der Waals surface area contributed by atoms with Crippen molar-refractivity contribution in [2.45, 2.75) is 53.1 Å². The Morgan fingerprint density at radius 1 is 1.43 bits per heavy atom. The van der Waals surface area contributed by atoms with Gasteiger partial charge in [0, 0.05) is 12.5 Å². The average molecular weight is 218 g/mol. The van der Waals surface area contributed by atoms with E-state index in [4.69, 9.17) is 4.74 Å². The van der Waals surface area contributed by atoms with Crippen LogP contribution in [-0.2, 0) is 4.74 Å². The molecule has 1 aliphatic rings. The van der Waals surface area contributed by atoms with E-state index < -0.39 is 0 Å². The Balaban J connectivity index is 0.000000500. The topological polar surface area (TPSA) is 9.23 Å². The smallest absolute Gasteiger partial charge is 0.0638 e. The van der Waals surface area contributed by atoms with Crippen molar-refractivity contribution >= 4 is 12.6 Å². The Morgan fingerprint density at radius 2 is 1.93 bits per heavy atom. The molecule has 1 nitrogen and oxygen atoms in total. The zero-order valence-corrected chi connectivity index (χ0v) is 11.2. The number of hydrogen-bond donors (Lipinski definition) is 1. The second-order valence-corrected chi connectivity index (χ2v) is 4.83. The fourth-order valence-corrected chi connectivity index (χ4v) is 2.74. The van der Waals surface area contributed by atoms with Gasteiger partial charge in [0.25, 0.3) is 0 Å².